The smallest absolute Gasteiger partial charge is 0.0266 e. The topological polar surface area (TPSA) is 0 Å². The molecule has 0 aromatic carbocycles. The summed E-state index contributed by atoms with van der Waals surface area (Å²) in [6.45, 7) is 9.65. The van der Waals surface area contributed by atoms with Crippen LogP contribution in [0.1, 0.15) is 27.7 Å². The summed E-state index contributed by atoms with van der Waals surface area (Å²) < 4.78 is 0. The van der Waals surface area contributed by atoms with Crippen molar-refractivity contribution < 1.29 is 0 Å². The summed E-state index contributed by atoms with van der Waals surface area (Å²) in [7, 11) is 0.868. The molecule has 1 fully saturated rings. The molecule has 0 amide bonds. The van der Waals surface area contributed by atoms with Crippen LogP contribution >= 0.6 is 15.8 Å². The highest BCUT2D eigenvalue weighted by Gasteiger charge is 2.23. The molecule has 0 aromatic heterocycles. The molecule has 12 heavy (non-hydrogen) atoms. The van der Waals surface area contributed by atoms with Gasteiger partial charge in [0.25, 0.3) is 0 Å². The fourth-order valence-corrected chi connectivity index (χ4v) is 8.39. The highest BCUT2D eigenvalue weighted by molar-refractivity contribution is 7.66. The van der Waals surface area contributed by atoms with Crippen molar-refractivity contribution in [1.82, 2.24) is 0 Å². The average molecular weight is 204 g/mol. The highest BCUT2D eigenvalue weighted by atomic mass is 31.1. The van der Waals surface area contributed by atoms with E-state index in [2.05, 4.69) is 27.7 Å². The van der Waals surface area contributed by atoms with E-state index in [1.807, 2.05) is 0 Å². The summed E-state index contributed by atoms with van der Waals surface area (Å²) in [4.78, 5) is 0. The van der Waals surface area contributed by atoms with E-state index in [0.29, 0.717) is 15.8 Å². The van der Waals surface area contributed by atoms with E-state index >= 15 is 0 Å². The van der Waals surface area contributed by atoms with E-state index in [0.717, 1.165) is 11.3 Å². The fraction of sp³-hybridized carbons (Fsp3) is 1.00. The predicted octanol–water partition coefficient (Wildman–Crippen LogP) is 3.78. The lowest BCUT2D eigenvalue weighted by Crippen LogP contribution is -2.16. The molecule has 0 atom stereocenters. The molecule has 1 aliphatic heterocycles. The third-order valence-electron chi connectivity index (χ3n) is 2.81. The molecule has 2 heteroatoms. The minimum atomic E-state index is 0.434. The van der Waals surface area contributed by atoms with Crippen LogP contribution in [0.15, 0.2) is 0 Å². The molecule has 0 unspecified atom stereocenters. The van der Waals surface area contributed by atoms with Gasteiger partial charge in [0.2, 0.25) is 0 Å². The SMILES string of the molecule is CC(C)P1CCP(C(C)C)CC1. The molecule has 0 bridgehead atoms. The lowest BCUT2D eigenvalue weighted by Gasteiger charge is -2.33. The first kappa shape index (κ1) is 10.9. The largest absolute Gasteiger partial charge is 0.103 e. The molecule has 0 spiro atoms. The van der Waals surface area contributed by atoms with Gasteiger partial charge in [-0.05, 0) is 36.0 Å². The maximum Gasteiger partial charge on any atom is -0.0266 e. The minimum absolute atomic E-state index is 0.434. The Morgan fingerprint density at radius 2 is 0.917 bits per heavy atom. The Kier molecular flexibility index (Phi) is 4.49. The third-order valence-corrected chi connectivity index (χ3v) is 9.63. The Morgan fingerprint density at radius 3 is 1.08 bits per heavy atom. The maximum atomic E-state index is 2.41. The zero-order valence-corrected chi connectivity index (χ0v) is 10.7. The van der Waals surface area contributed by atoms with Crippen molar-refractivity contribution in [3.05, 3.63) is 0 Å². The van der Waals surface area contributed by atoms with Crippen LogP contribution in [0.3, 0.4) is 0 Å². The van der Waals surface area contributed by atoms with E-state index in [9.17, 15) is 0 Å². The van der Waals surface area contributed by atoms with Crippen molar-refractivity contribution in [3.8, 4) is 0 Å². The van der Waals surface area contributed by atoms with E-state index in [-0.39, 0.29) is 0 Å². The van der Waals surface area contributed by atoms with Crippen molar-refractivity contribution in [2.45, 2.75) is 39.0 Å². The maximum absolute atomic E-state index is 2.41. The first-order chi connectivity index (χ1) is 5.61. The molecule has 0 N–H and O–H groups in total. The Hall–Kier alpha value is 0.860. The summed E-state index contributed by atoms with van der Waals surface area (Å²) in [5, 5.41) is 0. The molecule has 0 saturated carbocycles. The van der Waals surface area contributed by atoms with Crippen molar-refractivity contribution in [2.24, 2.45) is 0 Å². The number of hydrogen-bond donors (Lipinski definition) is 0. The lowest BCUT2D eigenvalue weighted by molar-refractivity contribution is 1.04. The van der Waals surface area contributed by atoms with Gasteiger partial charge in [0, 0.05) is 0 Å². The van der Waals surface area contributed by atoms with Crippen LogP contribution in [-0.2, 0) is 0 Å². The molecule has 0 radical (unpaired) electrons. The van der Waals surface area contributed by atoms with Crippen molar-refractivity contribution >= 4 is 15.8 Å². The molecule has 1 saturated heterocycles. The molecule has 1 aliphatic rings. The first-order valence-electron chi connectivity index (χ1n) is 5.09. The number of rotatable bonds is 2. The van der Waals surface area contributed by atoms with Crippen LogP contribution in [0.2, 0.25) is 0 Å². The van der Waals surface area contributed by atoms with Gasteiger partial charge in [-0.1, -0.05) is 27.7 Å². The second-order valence-electron chi connectivity index (χ2n) is 4.26. The van der Waals surface area contributed by atoms with Gasteiger partial charge >= 0.3 is 0 Å². The Balaban J connectivity index is 2.30. The van der Waals surface area contributed by atoms with Crippen molar-refractivity contribution in [3.63, 3.8) is 0 Å². The monoisotopic (exact) mass is 204 g/mol. The Labute approximate surface area is 80.0 Å². The molecule has 1 heterocycles. The molecule has 0 aliphatic carbocycles. The van der Waals surface area contributed by atoms with Crippen molar-refractivity contribution in [1.29, 1.82) is 0 Å². The molecule has 72 valence electrons. The molecule has 0 aromatic rings. The zero-order chi connectivity index (χ0) is 9.14. The lowest BCUT2D eigenvalue weighted by atomic mass is 10.6. The zero-order valence-electron chi connectivity index (χ0n) is 8.88. The molecular weight excluding hydrogens is 182 g/mol. The first-order valence-corrected chi connectivity index (χ1v) is 8.65. The van der Waals surface area contributed by atoms with E-state index < -0.39 is 0 Å². The van der Waals surface area contributed by atoms with Gasteiger partial charge in [-0.2, -0.15) is 0 Å². The summed E-state index contributed by atoms with van der Waals surface area (Å²) in [5.74, 6) is 0. The Morgan fingerprint density at radius 1 is 0.667 bits per heavy atom. The predicted molar refractivity (Wildman–Crippen MR) is 63.6 cm³/mol. The van der Waals surface area contributed by atoms with Gasteiger partial charge in [-0.3, -0.25) is 0 Å². The van der Waals surface area contributed by atoms with Gasteiger partial charge in [-0.25, -0.2) is 0 Å². The average Bonchev–Trinajstić information content (AvgIpc) is 2.04. The van der Waals surface area contributed by atoms with Crippen LogP contribution in [-0.4, -0.2) is 36.0 Å². The Bertz CT molecular complexity index is 108. The molecule has 0 nitrogen and oxygen atoms in total. The van der Waals surface area contributed by atoms with E-state index in [1.54, 1.807) is 24.6 Å². The molecule has 1 rings (SSSR count). The number of hydrogen-bond acceptors (Lipinski definition) is 0. The van der Waals surface area contributed by atoms with Crippen LogP contribution < -0.4 is 0 Å². The summed E-state index contributed by atoms with van der Waals surface area (Å²) in [6.07, 6.45) is 6.32. The van der Waals surface area contributed by atoms with Crippen LogP contribution in [0.4, 0.5) is 0 Å². The standard InChI is InChI=1S/C10H22P2/c1-9(2)11-5-7-12(8-6-11)10(3)4/h9-10H,5-8H2,1-4H3. The van der Waals surface area contributed by atoms with E-state index in [4.69, 9.17) is 0 Å². The summed E-state index contributed by atoms with van der Waals surface area (Å²) >= 11 is 0. The van der Waals surface area contributed by atoms with Gasteiger partial charge in [0.05, 0.1) is 0 Å². The molecular formula is C10H22P2. The van der Waals surface area contributed by atoms with Crippen LogP contribution in [0.5, 0.6) is 0 Å². The summed E-state index contributed by atoms with van der Waals surface area (Å²) in [5.41, 5.74) is 1.98. The second kappa shape index (κ2) is 4.92. The third kappa shape index (κ3) is 2.97. The fourth-order valence-electron chi connectivity index (χ4n) is 1.77. The van der Waals surface area contributed by atoms with Crippen molar-refractivity contribution in [2.75, 3.05) is 24.6 Å². The van der Waals surface area contributed by atoms with Gasteiger partial charge in [-0.15, -0.1) is 15.8 Å². The van der Waals surface area contributed by atoms with Gasteiger partial charge < -0.3 is 0 Å². The van der Waals surface area contributed by atoms with Crippen LogP contribution in [0, 0.1) is 0 Å². The highest BCUT2D eigenvalue weighted by Crippen LogP contribution is 2.54. The van der Waals surface area contributed by atoms with Gasteiger partial charge in [0.15, 0.2) is 0 Å². The quantitative estimate of drug-likeness (QED) is 0.600. The second-order valence-corrected chi connectivity index (χ2v) is 10.5. The minimum Gasteiger partial charge on any atom is -0.103 e. The van der Waals surface area contributed by atoms with Gasteiger partial charge in [0.1, 0.15) is 0 Å². The van der Waals surface area contributed by atoms with Crippen LogP contribution in [0.25, 0.3) is 0 Å². The van der Waals surface area contributed by atoms with E-state index in [1.165, 1.54) is 0 Å². The summed E-state index contributed by atoms with van der Waals surface area (Å²) in [6, 6.07) is 0. The normalized spacial score (nSPS) is 31.5.